The maximum atomic E-state index is 13.3. The maximum absolute atomic E-state index is 13.3. The largest absolute Gasteiger partial charge is 0.451 e. The Bertz CT molecular complexity index is 1010. The van der Waals surface area contributed by atoms with Crippen LogP contribution in [0.25, 0.3) is 11.3 Å². The molecule has 1 aliphatic heterocycles. The van der Waals surface area contributed by atoms with Gasteiger partial charge < -0.3 is 20.0 Å². The van der Waals surface area contributed by atoms with Crippen LogP contribution < -0.4 is 15.5 Å². The summed E-state index contributed by atoms with van der Waals surface area (Å²) < 4.78 is 19.0. The van der Waals surface area contributed by atoms with Crippen LogP contribution in [-0.4, -0.2) is 32.1 Å². The average Bonchev–Trinajstić information content (AvgIpc) is 3.38. The van der Waals surface area contributed by atoms with E-state index in [-0.39, 0.29) is 17.5 Å². The lowest BCUT2D eigenvalue weighted by atomic mass is 10.1. The molecule has 1 atom stereocenters. The van der Waals surface area contributed by atoms with E-state index in [1.165, 1.54) is 12.1 Å². The Morgan fingerprint density at radius 1 is 1.14 bits per heavy atom. The summed E-state index contributed by atoms with van der Waals surface area (Å²) in [7, 11) is 1.99. The van der Waals surface area contributed by atoms with Crippen molar-refractivity contribution >= 4 is 17.3 Å². The fraction of sp³-hybridized carbons (Fsp3) is 0.261. The van der Waals surface area contributed by atoms with E-state index in [1.54, 1.807) is 25.1 Å². The molecule has 0 bridgehead atoms. The summed E-state index contributed by atoms with van der Waals surface area (Å²) in [4.78, 5) is 14.9. The highest BCUT2D eigenvalue weighted by Gasteiger charge is 2.21. The van der Waals surface area contributed by atoms with Crippen molar-refractivity contribution in [2.24, 2.45) is 0 Å². The first kappa shape index (κ1) is 19.2. The van der Waals surface area contributed by atoms with Crippen LogP contribution in [-0.2, 0) is 0 Å². The van der Waals surface area contributed by atoms with Gasteiger partial charge in [-0.15, -0.1) is 0 Å². The number of furan rings is 1. The number of aryl methyl sites for hydroxylation is 1. The molecule has 6 heteroatoms. The van der Waals surface area contributed by atoms with Gasteiger partial charge in [-0.25, -0.2) is 4.39 Å². The van der Waals surface area contributed by atoms with Crippen molar-refractivity contribution in [2.45, 2.75) is 19.4 Å². The van der Waals surface area contributed by atoms with Gasteiger partial charge >= 0.3 is 0 Å². The number of halogens is 1. The molecule has 1 unspecified atom stereocenters. The van der Waals surface area contributed by atoms with Crippen LogP contribution in [0.15, 0.2) is 59.0 Å². The molecule has 1 aliphatic rings. The van der Waals surface area contributed by atoms with Crippen molar-refractivity contribution < 1.29 is 13.6 Å². The number of likely N-dealkylation sites (N-methyl/N-ethyl adjacent to an activating group) is 1. The highest BCUT2D eigenvalue weighted by atomic mass is 19.1. The Morgan fingerprint density at radius 3 is 2.62 bits per heavy atom. The van der Waals surface area contributed by atoms with Gasteiger partial charge in [0.1, 0.15) is 11.6 Å². The predicted octanol–water partition coefficient (Wildman–Crippen LogP) is 4.44. The van der Waals surface area contributed by atoms with Gasteiger partial charge in [0.05, 0.1) is 0 Å². The molecule has 1 aromatic heterocycles. The lowest BCUT2D eigenvalue weighted by Crippen LogP contribution is -2.29. The highest BCUT2D eigenvalue weighted by Crippen LogP contribution is 2.27. The molecule has 3 aromatic rings. The van der Waals surface area contributed by atoms with Crippen LogP contribution in [0.2, 0.25) is 0 Å². The Kier molecular flexibility index (Phi) is 5.36. The van der Waals surface area contributed by atoms with E-state index < -0.39 is 0 Å². The lowest BCUT2D eigenvalue weighted by Gasteiger charge is -2.19. The van der Waals surface area contributed by atoms with Crippen LogP contribution in [0.3, 0.4) is 0 Å². The van der Waals surface area contributed by atoms with Crippen molar-refractivity contribution in [3.8, 4) is 11.3 Å². The first-order valence-electron chi connectivity index (χ1n) is 9.73. The van der Waals surface area contributed by atoms with Gasteiger partial charge in [-0.1, -0.05) is 0 Å². The number of hydrogen-bond acceptors (Lipinski definition) is 4. The van der Waals surface area contributed by atoms with E-state index in [9.17, 15) is 9.18 Å². The molecule has 5 nitrogen and oxygen atoms in total. The normalized spacial score (nSPS) is 16.2. The van der Waals surface area contributed by atoms with Gasteiger partial charge in [-0.05, 0) is 80.6 Å². The number of anilines is 2. The monoisotopic (exact) mass is 393 g/mol. The van der Waals surface area contributed by atoms with Gasteiger partial charge in [0.2, 0.25) is 0 Å². The summed E-state index contributed by atoms with van der Waals surface area (Å²) in [6.45, 7) is 3.82. The van der Waals surface area contributed by atoms with E-state index in [1.807, 2.05) is 31.3 Å². The Labute approximate surface area is 169 Å². The fourth-order valence-electron chi connectivity index (χ4n) is 3.69. The van der Waals surface area contributed by atoms with Crippen molar-refractivity contribution in [2.75, 3.05) is 30.4 Å². The van der Waals surface area contributed by atoms with Gasteiger partial charge in [0.15, 0.2) is 5.76 Å². The van der Waals surface area contributed by atoms with E-state index in [4.69, 9.17) is 4.42 Å². The lowest BCUT2D eigenvalue weighted by molar-refractivity contribution is 0.0997. The Hall–Kier alpha value is -3.12. The van der Waals surface area contributed by atoms with Crippen LogP contribution in [0.1, 0.15) is 22.5 Å². The minimum atomic E-state index is -0.319. The van der Waals surface area contributed by atoms with Gasteiger partial charge in [-0.3, -0.25) is 4.79 Å². The van der Waals surface area contributed by atoms with E-state index in [0.29, 0.717) is 17.5 Å². The van der Waals surface area contributed by atoms with E-state index in [2.05, 4.69) is 15.5 Å². The molecule has 4 rings (SSSR count). The molecule has 29 heavy (non-hydrogen) atoms. The number of nitrogens with one attached hydrogen (secondary N) is 2. The minimum absolute atomic E-state index is 0.212. The number of nitrogens with zero attached hydrogens (tertiary/aromatic N) is 1. The van der Waals surface area contributed by atoms with E-state index in [0.717, 1.165) is 36.3 Å². The molecule has 0 spiro atoms. The average molecular weight is 393 g/mol. The van der Waals surface area contributed by atoms with Crippen molar-refractivity contribution in [3.05, 3.63) is 71.7 Å². The topological polar surface area (TPSA) is 57.5 Å². The standard InChI is InChI=1S/C23H24FN3O2/c1-15-13-16(24)3-8-20(15)21-9-10-22(29-21)23(28)26-17-4-6-19(7-5-17)27-12-11-18(14-27)25-2/h3-10,13,18,25H,11-12,14H2,1-2H3,(H,26,28). The second-order valence-electron chi connectivity index (χ2n) is 7.34. The zero-order valence-corrected chi connectivity index (χ0v) is 16.5. The second kappa shape index (κ2) is 8.09. The molecule has 0 aliphatic carbocycles. The van der Waals surface area contributed by atoms with E-state index >= 15 is 0 Å². The van der Waals surface area contributed by atoms with Crippen molar-refractivity contribution in [3.63, 3.8) is 0 Å². The van der Waals surface area contributed by atoms with Crippen LogP contribution in [0.5, 0.6) is 0 Å². The maximum Gasteiger partial charge on any atom is 0.291 e. The SMILES string of the molecule is CNC1CCN(c2ccc(NC(=O)c3ccc(-c4ccc(F)cc4C)o3)cc2)C1. The highest BCUT2D eigenvalue weighted by molar-refractivity contribution is 6.02. The first-order chi connectivity index (χ1) is 14.0. The van der Waals surface area contributed by atoms with Crippen molar-refractivity contribution in [1.29, 1.82) is 0 Å². The zero-order chi connectivity index (χ0) is 20.4. The molecule has 2 aromatic carbocycles. The number of carbonyl (C=O) groups excluding carboxylic acids is 1. The third-order valence-electron chi connectivity index (χ3n) is 5.37. The second-order valence-corrected chi connectivity index (χ2v) is 7.34. The molecule has 0 radical (unpaired) electrons. The molecule has 2 N–H and O–H groups in total. The van der Waals surface area contributed by atoms with Gasteiger partial charge in [0, 0.05) is 36.1 Å². The van der Waals surface area contributed by atoms with Crippen molar-refractivity contribution in [1.82, 2.24) is 5.32 Å². The summed E-state index contributed by atoms with van der Waals surface area (Å²) in [5, 5.41) is 6.17. The number of amides is 1. The summed E-state index contributed by atoms with van der Waals surface area (Å²) in [6.07, 6.45) is 1.13. The Morgan fingerprint density at radius 2 is 1.93 bits per heavy atom. The van der Waals surface area contributed by atoms with Crippen LogP contribution >= 0.6 is 0 Å². The zero-order valence-electron chi connectivity index (χ0n) is 16.5. The molecule has 2 heterocycles. The number of rotatable bonds is 5. The minimum Gasteiger partial charge on any atom is -0.451 e. The fourth-order valence-corrected chi connectivity index (χ4v) is 3.69. The first-order valence-corrected chi connectivity index (χ1v) is 9.73. The molecule has 0 saturated carbocycles. The van der Waals surface area contributed by atoms with Gasteiger partial charge in [0.25, 0.3) is 5.91 Å². The molecule has 1 amide bonds. The van der Waals surface area contributed by atoms with Crippen LogP contribution in [0, 0.1) is 12.7 Å². The molecular formula is C23H24FN3O2. The number of carbonyl (C=O) groups is 1. The third kappa shape index (κ3) is 4.17. The third-order valence-corrected chi connectivity index (χ3v) is 5.37. The summed E-state index contributed by atoms with van der Waals surface area (Å²) in [6, 6.07) is 16.2. The van der Waals surface area contributed by atoms with Crippen LogP contribution in [0.4, 0.5) is 15.8 Å². The quantitative estimate of drug-likeness (QED) is 0.673. The number of hydrogen-bond donors (Lipinski definition) is 2. The summed E-state index contributed by atoms with van der Waals surface area (Å²) in [5.41, 5.74) is 3.37. The molecule has 1 saturated heterocycles. The summed E-state index contributed by atoms with van der Waals surface area (Å²) >= 11 is 0. The molecular weight excluding hydrogens is 369 g/mol. The summed E-state index contributed by atoms with van der Waals surface area (Å²) in [5.74, 6) is 0.134. The molecule has 150 valence electrons. The smallest absolute Gasteiger partial charge is 0.291 e. The van der Waals surface area contributed by atoms with Gasteiger partial charge in [-0.2, -0.15) is 0 Å². The molecule has 1 fully saturated rings. The predicted molar refractivity (Wildman–Crippen MR) is 113 cm³/mol. The Balaban J connectivity index is 1.43. The number of benzene rings is 2.